The van der Waals surface area contributed by atoms with Crippen molar-refractivity contribution in [1.82, 2.24) is 5.32 Å². The molecular weight excluding hydrogens is 217 g/mol. The fraction of sp³-hybridized carbons (Fsp3) is 1.00. The van der Waals surface area contributed by atoms with Gasteiger partial charge in [-0.1, -0.05) is 13.8 Å². The van der Waals surface area contributed by atoms with Gasteiger partial charge in [0.1, 0.15) is 0 Å². The van der Waals surface area contributed by atoms with Crippen LogP contribution in [0.2, 0.25) is 14.8 Å². The molecular formula is C7H21NSn. The minimum atomic E-state index is -0.637. The monoisotopic (exact) mass is 239 g/mol. The van der Waals surface area contributed by atoms with Crippen molar-refractivity contribution in [1.29, 1.82) is 0 Å². The van der Waals surface area contributed by atoms with Gasteiger partial charge >= 0.3 is 34.6 Å². The molecule has 9 heavy (non-hydrogen) atoms. The third-order valence-corrected chi connectivity index (χ3v) is 0.500. The number of hydrogen-bond donors (Lipinski definition) is 1. The molecule has 0 aromatic carbocycles. The van der Waals surface area contributed by atoms with Gasteiger partial charge in [-0.05, 0) is 13.1 Å². The van der Waals surface area contributed by atoms with Crippen LogP contribution < -0.4 is 5.32 Å². The molecule has 0 radical (unpaired) electrons. The van der Waals surface area contributed by atoms with Gasteiger partial charge in [-0.25, -0.2) is 0 Å². The Hall–Kier alpha value is 0.759. The molecule has 2 heteroatoms. The predicted octanol–water partition coefficient (Wildman–Crippen LogP) is 1.72. The van der Waals surface area contributed by atoms with E-state index >= 15 is 0 Å². The zero-order valence-corrected chi connectivity index (χ0v) is 10.8. The van der Waals surface area contributed by atoms with E-state index in [-0.39, 0.29) is 0 Å². The first-order valence-corrected chi connectivity index (χ1v) is 13.7. The summed E-state index contributed by atoms with van der Waals surface area (Å²) in [5.41, 5.74) is 0. The standard InChI is InChI=1S/C4H11N.3CH3.Sn.H/c1-3-5-4-2;;;;;/h5H,3-4H2,1-2H3;3*1H3;;. The predicted molar refractivity (Wildman–Crippen MR) is 49.0 cm³/mol. The quantitative estimate of drug-likeness (QED) is 0.722. The first-order chi connectivity index (χ1) is 4.15. The average molecular weight is 238 g/mol. The molecule has 0 atom stereocenters. The third-order valence-electron chi connectivity index (χ3n) is 0.500. The van der Waals surface area contributed by atoms with Gasteiger partial charge < -0.3 is 5.32 Å². The number of hydrogen-bond acceptors (Lipinski definition) is 1. The van der Waals surface area contributed by atoms with Gasteiger partial charge in [0.25, 0.3) is 0 Å². The average Bonchev–Trinajstić information content (AvgIpc) is 1.66. The molecule has 0 saturated carbocycles. The van der Waals surface area contributed by atoms with Gasteiger partial charge in [-0.2, -0.15) is 0 Å². The van der Waals surface area contributed by atoms with E-state index in [2.05, 4.69) is 34.0 Å². The maximum absolute atomic E-state index is 3.11. The van der Waals surface area contributed by atoms with Gasteiger partial charge in [0, 0.05) is 0 Å². The van der Waals surface area contributed by atoms with Gasteiger partial charge in [-0.15, -0.1) is 0 Å². The van der Waals surface area contributed by atoms with Crippen LogP contribution in [0, 0.1) is 0 Å². The molecule has 0 rings (SSSR count). The summed E-state index contributed by atoms with van der Waals surface area (Å²) in [5.74, 6) is 0. The van der Waals surface area contributed by atoms with Crippen molar-refractivity contribution in [3.8, 4) is 0 Å². The Morgan fingerprint density at radius 2 is 1.22 bits per heavy atom. The summed E-state index contributed by atoms with van der Waals surface area (Å²) < 4.78 is 0. The van der Waals surface area contributed by atoms with Crippen LogP contribution in [0.3, 0.4) is 0 Å². The van der Waals surface area contributed by atoms with E-state index in [1.54, 1.807) is 0 Å². The molecule has 0 unspecified atom stereocenters. The van der Waals surface area contributed by atoms with Crippen LogP contribution >= 0.6 is 0 Å². The molecule has 0 aromatic heterocycles. The van der Waals surface area contributed by atoms with Gasteiger partial charge in [0.05, 0.1) is 0 Å². The summed E-state index contributed by atoms with van der Waals surface area (Å²) in [7, 11) is 0. The van der Waals surface area contributed by atoms with Crippen LogP contribution in [0.1, 0.15) is 13.8 Å². The van der Waals surface area contributed by atoms with E-state index in [1.807, 2.05) is 0 Å². The molecule has 0 aliphatic carbocycles. The Morgan fingerprint density at radius 3 is 1.22 bits per heavy atom. The van der Waals surface area contributed by atoms with Crippen LogP contribution in [0.15, 0.2) is 0 Å². The van der Waals surface area contributed by atoms with Gasteiger partial charge in [-0.3, -0.25) is 0 Å². The van der Waals surface area contributed by atoms with Crippen molar-refractivity contribution < 1.29 is 0 Å². The zero-order chi connectivity index (χ0) is 7.70. The molecule has 0 fully saturated rings. The molecule has 58 valence electrons. The van der Waals surface area contributed by atoms with Gasteiger partial charge in [0.15, 0.2) is 0 Å². The first-order valence-electron chi connectivity index (χ1n) is 3.85. The Labute approximate surface area is 67.0 Å². The second-order valence-corrected chi connectivity index (χ2v) is 12.6. The second-order valence-electron chi connectivity index (χ2n) is 2.69. The fourth-order valence-corrected chi connectivity index (χ4v) is 0.250. The van der Waals surface area contributed by atoms with Crippen LogP contribution in [0.25, 0.3) is 0 Å². The van der Waals surface area contributed by atoms with E-state index in [0.29, 0.717) is 0 Å². The topological polar surface area (TPSA) is 12.0 Å². The van der Waals surface area contributed by atoms with E-state index in [1.165, 1.54) is 0 Å². The van der Waals surface area contributed by atoms with E-state index in [4.69, 9.17) is 0 Å². The van der Waals surface area contributed by atoms with E-state index in [0.717, 1.165) is 13.1 Å². The SMILES string of the molecule is CCNCC.[CH3][SnH]([CH3])[CH3]. The Morgan fingerprint density at radius 1 is 1.00 bits per heavy atom. The zero-order valence-electron chi connectivity index (χ0n) is 7.49. The number of rotatable bonds is 2. The Bertz CT molecular complexity index is 33.1. The molecule has 1 N–H and O–H groups in total. The molecule has 0 spiro atoms. The maximum atomic E-state index is 3.11. The third kappa shape index (κ3) is 52.6. The normalized spacial score (nSPS) is 8.67. The Balaban J connectivity index is 0. The van der Waals surface area contributed by atoms with Gasteiger partial charge in [0.2, 0.25) is 0 Å². The van der Waals surface area contributed by atoms with Crippen molar-refractivity contribution in [3.63, 3.8) is 0 Å². The molecule has 0 aromatic rings. The van der Waals surface area contributed by atoms with E-state index < -0.39 is 19.8 Å². The summed E-state index contributed by atoms with van der Waals surface area (Å²) in [6.45, 7) is 6.39. The van der Waals surface area contributed by atoms with Crippen LogP contribution in [0.5, 0.6) is 0 Å². The van der Waals surface area contributed by atoms with Crippen molar-refractivity contribution in [2.45, 2.75) is 28.7 Å². The van der Waals surface area contributed by atoms with Crippen LogP contribution in [-0.4, -0.2) is 32.8 Å². The minimum absolute atomic E-state index is 0.637. The van der Waals surface area contributed by atoms with Crippen LogP contribution in [-0.2, 0) is 0 Å². The molecule has 0 heterocycles. The molecule has 0 amide bonds. The molecule has 0 saturated heterocycles. The van der Waals surface area contributed by atoms with Crippen molar-refractivity contribution in [2.75, 3.05) is 13.1 Å². The first kappa shape index (κ1) is 12.4. The molecule has 0 aliphatic rings. The number of nitrogens with one attached hydrogen (secondary N) is 1. The van der Waals surface area contributed by atoms with Crippen molar-refractivity contribution in [3.05, 3.63) is 0 Å². The fourth-order valence-electron chi connectivity index (χ4n) is 0.250. The molecule has 1 nitrogen and oxygen atoms in total. The summed E-state index contributed by atoms with van der Waals surface area (Å²) in [5, 5.41) is 3.11. The Kier molecular flexibility index (Phi) is 15.9. The van der Waals surface area contributed by atoms with Crippen molar-refractivity contribution in [2.24, 2.45) is 0 Å². The summed E-state index contributed by atoms with van der Waals surface area (Å²) in [4.78, 5) is 7.13. The second kappa shape index (κ2) is 11.5. The summed E-state index contributed by atoms with van der Waals surface area (Å²) >= 11 is -0.637. The van der Waals surface area contributed by atoms with Crippen LogP contribution in [0.4, 0.5) is 0 Å². The summed E-state index contributed by atoms with van der Waals surface area (Å²) in [6, 6.07) is 0. The van der Waals surface area contributed by atoms with Crippen molar-refractivity contribution >= 4 is 19.8 Å². The molecule has 0 bridgehead atoms. The summed E-state index contributed by atoms with van der Waals surface area (Å²) in [6.07, 6.45) is 0. The molecule has 0 aliphatic heterocycles. The van der Waals surface area contributed by atoms with E-state index in [9.17, 15) is 0 Å².